The molecule has 2 aromatic rings. The third kappa shape index (κ3) is 7.45. The fourth-order valence-corrected chi connectivity index (χ4v) is 4.10. The number of carbonyl (C=O) groups is 1. The van der Waals surface area contributed by atoms with Gasteiger partial charge < -0.3 is 5.32 Å². The van der Waals surface area contributed by atoms with E-state index in [-0.39, 0.29) is 5.91 Å². The number of hydrogen-bond donors (Lipinski definition) is 1. The van der Waals surface area contributed by atoms with Crippen LogP contribution in [0.25, 0.3) is 0 Å². The van der Waals surface area contributed by atoms with Crippen LogP contribution in [0, 0.1) is 13.8 Å². The molecule has 0 aliphatic carbocycles. The van der Waals surface area contributed by atoms with Crippen LogP contribution in [0.15, 0.2) is 48.5 Å². The van der Waals surface area contributed by atoms with Crippen LogP contribution in [0.5, 0.6) is 0 Å². The minimum Gasteiger partial charge on any atom is -0.355 e. The van der Waals surface area contributed by atoms with Gasteiger partial charge in [-0.25, -0.2) is 0 Å². The highest BCUT2D eigenvalue weighted by Crippen LogP contribution is 2.15. The number of carbonyl (C=O) groups excluding carboxylic acids is 1. The molecule has 0 saturated carbocycles. The molecule has 2 aromatic carbocycles. The molecule has 0 radical (unpaired) electrons. The Morgan fingerprint density at radius 3 is 2.29 bits per heavy atom. The predicted molar refractivity (Wildman–Crippen MR) is 108 cm³/mol. The van der Waals surface area contributed by atoms with Gasteiger partial charge in [0, 0.05) is 23.8 Å². The lowest BCUT2D eigenvalue weighted by molar-refractivity contribution is -0.118. The Balaban J connectivity index is 1.55. The first-order chi connectivity index (χ1) is 11.6. The van der Waals surface area contributed by atoms with Gasteiger partial charge in [-0.15, -0.1) is 11.8 Å². The molecule has 0 aliphatic heterocycles. The smallest absolute Gasteiger partial charge is 0.230 e. The number of aryl methyl sites for hydroxylation is 2. The highest BCUT2D eigenvalue weighted by molar-refractivity contribution is 7.99. The molecule has 0 atom stereocenters. The van der Waals surface area contributed by atoms with Crippen molar-refractivity contribution in [1.29, 1.82) is 0 Å². The highest BCUT2D eigenvalue weighted by Gasteiger charge is 2.02. The Labute approximate surface area is 153 Å². The van der Waals surface area contributed by atoms with Gasteiger partial charge in [0.25, 0.3) is 0 Å². The van der Waals surface area contributed by atoms with Crippen LogP contribution in [0.3, 0.4) is 0 Å². The predicted octanol–water partition coefficient (Wildman–Crippen LogP) is 4.59. The summed E-state index contributed by atoms with van der Waals surface area (Å²) in [5.41, 5.74) is 5.19. The number of hydrogen-bond acceptors (Lipinski definition) is 3. The van der Waals surface area contributed by atoms with Gasteiger partial charge in [0.1, 0.15) is 0 Å². The van der Waals surface area contributed by atoms with E-state index in [9.17, 15) is 4.79 Å². The molecule has 1 amide bonds. The molecule has 2 rings (SSSR count). The van der Waals surface area contributed by atoms with Gasteiger partial charge in [-0.1, -0.05) is 59.7 Å². The second-order valence-corrected chi connectivity index (χ2v) is 7.97. The molecule has 0 spiro atoms. The quantitative estimate of drug-likeness (QED) is 0.664. The molecule has 4 heteroatoms. The molecule has 0 unspecified atom stereocenters. The van der Waals surface area contributed by atoms with Crippen LogP contribution in [0.1, 0.15) is 22.3 Å². The summed E-state index contributed by atoms with van der Waals surface area (Å²) in [7, 11) is 0. The molecule has 2 nitrogen and oxygen atoms in total. The Morgan fingerprint density at radius 2 is 1.58 bits per heavy atom. The largest absolute Gasteiger partial charge is 0.355 e. The molecular formula is C20H25NOS2. The average Bonchev–Trinajstić information content (AvgIpc) is 2.54. The van der Waals surface area contributed by atoms with E-state index < -0.39 is 0 Å². The van der Waals surface area contributed by atoms with E-state index in [0.717, 1.165) is 23.8 Å². The molecule has 0 bridgehead atoms. The molecule has 24 heavy (non-hydrogen) atoms. The minimum atomic E-state index is 0.129. The first kappa shape index (κ1) is 18.9. The molecule has 0 fully saturated rings. The van der Waals surface area contributed by atoms with E-state index in [2.05, 4.69) is 61.6 Å². The van der Waals surface area contributed by atoms with E-state index in [1.807, 2.05) is 17.8 Å². The first-order valence-electron chi connectivity index (χ1n) is 8.17. The Morgan fingerprint density at radius 1 is 0.917 bits per heavy atom. The Hall–Kier alpha value is -1.39. The van der Waals surface area contributed by atoms with Crippen molar-refractivity contribution in [2.24, 2.45) is 0 Å². The number of benzene rings is 2. The number of amides is 1. The first-order valence-corrected chi connectivity index (χ1v) is 10.5. The van der Waals surface area contributed by atoms with Gasteiger partial charge in [-0.05, 0) is 25.0 Å². The summed E-state index contributed by atoms with van der Waals surface area (Å²) in [4.78, 5) is 11.9. The van der Waals surface area contributed by atoms with Crippen molar-refractivity contribution in [3.63, 3.8) is 0 Å². The van der Waals surface area contributed by atoms with Gasteiger partial charge in [-0.2, -0.15) is 11.8 Å². The summed E-state index contributed by atoms with van der Waals surface area (Å²) in [6.07, 6.45) is 0. The van der Waals surface area contributed by atoms with Crippen LogP contribution < -0.4 is 5.32 Å². The fourth-order valence-electron chi connectivity index (χ4n) is 2.49. The summed E-state index contributed by atoms with van der Waals surface area (Å²) in [5, 5.41) is 3.00. The van der Waals surface area contributed by atoms with E-state index >= 15 is 0 Å². The van der Waals surface area contributed by atoms with Crippen LogP contribution in [-0.4, -0.2) is 24.0 Å². The maximum absolute atomic E-state index is 11.9. The maximum atomic E-state index is 11.9. The number of nitrogens with one attached hydrogen (secondary N) is 1. The zero-order valence-corrected chi connectivity index (χ0v) is 16.0. The SMILES string of the molecule is Cc1cc(C)cc(CSCC(=O)NCCSCc2ccccc2)c1. The van der Waals surface area contributed by atoms with Gasteiger partial charge >= 0.3 is 0 Å². The van der Waals surface area contributed by atoms with E-state index in [4.69, 9.17) is 0 Å². The Kier molecular flexibility index (Phi) is 8.26. The summed E-state index contributed by atoms with van der Waals surface area (Å²) >= 11 is 3.52. The van der Waals surface area contributed by atoms with Gasteiger partial charge in [-0.3, -0.25) is 4.79 Å². The highest BCUT2D eigenvalue weighted by atomic mass is 32.2. The van der Waals surface area contributed by atoms with Crippen LogP contribution in [0.4, 0.5) is 0 Å². The molecular weight excluding hydrogens is 334 g/mol. The molecule has 1 N–H and O–H groups in total. The van der Waals surface area contributed by atoms with Gasteiger partial charge in [0.15, 0.2) is 0 Å². The average molecular weight is 360 g/mol. The van der Waals surface area contributed by atoms with Crippen molar-refractivity contribution in [3.8, 4) is 0 Å². The van der Waals surface area contributed by atoms with Crippen LogP contribution >= 0.6 is 23.5 Å². The third-order valence-corrected chi connectivity index (χ3v) is 5.50. The second-order valence-electron chi connectivity index (χ2n) is 5.88. The second kappa shape index (κ2) is 10.5. The Bertz CT molecular complexity index is 623. The maximum Gasteiger partial charge on any atom is 0.230 e. The summed E-state index contributed by atoms with van der Waals surface area (Å²) in [6, 6.07) is 17.0. The lowest BCUT2D eigenvalue weighted by atomic mass is 10.1. The topological polar surface area (TPSA) is 29.1 Å². The van der Waals surface area contributed by atoms with Crippen molar-refractivity contribution in [1.82, 2.24) is 5.32 Å². The van der Waals surface area contributed by atoms with Crippen LogP contribution in [-0.2, 0) is 16.3 Å². The van der Waals surface area contributed by atoms with E-state index in [0.29, 0.717) is 5.75 Å². The normalized spacial score (nSPS) is 10.6. The molecule has 0 heterocycles. The van der Waals surface area contributed by atoms with Crippen molar-refractivity contribution in [2.45, 2.75) is 25.4 Å². The summed E-state index contributed by atoms with van der Waals surface area (Å²) < 4.78 is 0. The van der Waals surface area contributed by atoms with E-state index in [1.165, 1.54) is 22.3 Å². The zero-order chi connectivity index (χ0) is 17.2. The van der Waals surface area contributed by atoms with Crippen molar-refractivity contribution in [3.05, 3.63) is 70.8 Å². The van der Waals surface area contributed by atoms with Crippen molar-refractivity contribution in [2.75, 3.05) is 18.1 Å². The van der Waals surface area contributed by atoms with Gasteiger partial charge in [0.05, 0.1) is 5.75 Å². The van der Waals surface area contributed by atoms with Crippen LogP contribution in [0.2, 0.25) is 0 Å². The lowest BCUT2D eigenvalue weighted by Gasteiger charge is -2.07. The number of thioether (sulfide) groups is 2. The lowest BCUT2D eigenvalue weighted by Crippen LogP contribution is -2.27. The van der Waals surface area contributed by atoms with Crippen molar-refractivity contribution >= 4 is 29.4 Å². The van der Waals surface area contributed by atoms with Crippen molar-refractivity contribution < 1.29 is 4.79 Å². The fraction of sp³-hybridized carbons (Fsp3) is 0.350. The zero-order valence-electron chi connectivity index (χ0n) is 14.4. The van der Waals surface area contributed by atoms with Gasteiger partial charge in [0.2, 0.25) is 5.91 Å². The molecule has 0 aliphatic rings. The standard InChI is InChI=1S/C20H25NOS2/c1-16-10-17(2)12-19(11-16)14-24-15-20(22)21-8-9-23-13-18-6-4-3-5-7-18/h3-7,10-12H,8-9,13-15H2,1-2H3,(H,21,22). The molecule has 128 valence electrons. The minimum absolute atomic E-state index is 0.129. The molecule has 0 aromatic heterocycles. The van der Waals surface area contributed by atoms with E-state index in [1.54, 1.807) is 11.8 Å². The monoisotopic (exact) mass is 359 g/mol. The molecule has 0 saturated heterocycles. The third-order valence-electron chi connectivity index (χ3n) is 3.46. The summed E-state index contributed by atoms with van der Waals surface area (Å²) in [6.45, 7) is 4.96. The number of rotatable bonds is 9. The summed E-state index contributed by atoms with van der Waals surface area (Å²) in [5.74, 6) is 3.49.